The van der Waals surface area contributed by atoms with Crippen molar-refractivity contribution in [3.05, 3.63) is 277 Å². The maximum absolute atomic E-state index is 11.5. The number of para-hydroxylation sites is 2. The quantitative estimate of drug-likeness (QED) is 0.149. The lowest BCUT2D eigenvalue weighted by Crippen LogP contribution is -2.65. The predicted molar refractivity (Wildman–Crippen MR) is 386 cm³/mol. The van der Waals surface area contributed by atoms with Crippen molar-refractivity contribution < 1.29 is 31.4 Å². The van der Waals surface area contributed by atoms with Crippen LogP contribution >= 0.6 is 0 Å². The molecular weight excluding hydrogens is 1120 g/mol. The summed E-state index contributed by atoms with van der Waals surface area (Å²) < 4.78 is 173. The van der Waals surface area contributed by atoms with Crippen LogP contribution in [-0.4, -0.2) is 13.4 Å². The molecule has 442 valence electrons. The number of fused-ring (bicyclic) bond motifs is 9. The van der Waals surface area contributed by atoms with Crippen LogP contribution < -0.4 is 52.1 Å². The van der Waals surface area contributed by atoms with Crippen LogP contribution in [0.2, 0.25) is 0 Å². The van der Waals surface area contributed by atoms with Gasteiger partial charge in [-0.3, -0.25) is 0 Å². The highest BCUT2D eigenvalue weighted by Crippen LogP contribution is 2.56. The van der Waals surface area contributed by atoms with Gasteiger partial charge in [-0.05, 0) is 160 Å². The standard InChI is InChI=1S/C85H69B2N3O2/c1-83(2,3)60-45-63(55-26-14-10-15-27-55)80(64(46-60)56-28-16-11-17-29-56)89-70-44-59(54-40-38-53(52-88)39-41-54)42-43-67(70)87-77-71(89)49-62(85(7,8)9)50-72(77)90(81-65(57-30-18-12-19-31-57)47-61(84(4,5)6)48-66(81)58-32-20-13-21-33-58)73-51-76-79-82(78(73)87)92-75-37-25-23-35-69(75)86(79)68-34-22-24-36-74(68)91-76/h10-51H,1-9H3/i22D,23D,24D,25D,34D,35D,36D,37D,38D,39D,40D,41D,42D,43D,44D,51D. The number of anilines is 6. The molecule has 0 atom stereocenters. The van der Waals surface area contributed by atoms with Crippen molar-refractivity contribution in [3.63, 3.8) is 0 Å². The topological polar surface area (TPSA) is 48.7 Å². The number of benzene rings is 12. The van der Waals surface area contributed by atoms with Crippen LogP contribution in [0, 0.1) is 11.3 Å². The van der Waals surface area contributed by atoms with E-state index >= 15 is 0 Å². The van der Waals surface area contributed by atoms with Gasteiger partial charge in [0.15, 0.2) is 0 Å². The first kappa shape index (κ1) is 41.7. The number of hydrogen-bond acceptors (Lipinski definition) is 5. The minimum absolute atomic E-state index is 0.0283. The lowest BCUT2D eigenvalue weighted by atomic mass is 9.30. The van der Waals surface area contributed by atoms with E-state index in [2.05, 4.69) is 92.6 Å². The Balaban J connectivity index is 1.21. The van der Waals surface area contributed by atoms with Crippen molar-refractivity contribution in [1.82, 2.24) is 0 Å². The molecule has 0 unspecified atom stereocenters. The molecule has 0 aliphatic carbocycles. The molecule has 0 saturated heterocycles. The maximum Gasteiger partial charge on any atom is 0.260 e. The van der Waals surface area contributed by atoms with Crippen LogP contribution in [0.5, 0.6) is 23.0 Å². The van der Waals surface area contributed by atoms with Crippen molar-refractivity contribution in [1.29, 1.82) is 5.26 Å². The number of nitriles is 1. The molecule has 0 fully saturated rings. The smallest absolute Gasteiger partial charge is 0.260 e. The van der Waals surface area contributed by atoms with Gasteiger partial charge in [0.2, 0.25) is 0 Å². The maximum atomic E-state index is 11.5. The van der Waals surface area contributed by atoms with Gasteiger partial charge in [0.05, 0.1) is 44.9 Å². The van der Waals surface area contributed by atoms with Crippen molar-refractivity contribution in [3.8, 4) is 84.7 Å². The van der Waals surface area contributed by atoms with E-state index in [4.69, 9.17) is 10.8 Å². The normalized spacial score (nSPS) is 15.8. The van der Waals surface area contributed by atoms with Crippen LogP contribution in [0.1, 0.15) is 106 Å². The van der Waals surface area contributed by atoms with E-state index in [1.54, 1.807) is 0 Å². The Kier molecular flexibility index (Phi) is 9.65. The van der Waals surface area contributed by atoms with Crippen molar-refractivity contribution in [2.45, 2.75) is 78.6 Å². The van der Waals surface area contributed by atoms with Gasteiger partial charge in [-0.25, -0.2) is 0 Å². The van der Waals surface area contributed by atoms with E-state index in [0.29, 0.717) is 50.5 Å². The zero-order valence-corrected chi connectivity index (χ0v) is 52.3. The molecule has 4 aliphatic heterocycles. The molecule has 4 aliphatic rings. The third-order valence-electron chi connectivity index (χ3n) is 18.2. The van der Waals surface area contributed by atoms with Gasteiger partial charge in [0.25, 0.3) is 13.4 Å². The molecule has 12 aromatic rings. The fraction of sp³-hybridized carbons (Fsp3) is 0.141. The van der Waals surface area contributed by atoms with E-state index in [0.717, 1.165) is 38.9 Å². The van der Waals surface area contributed by atoms with Gasteiger partial charge in [-0.1, -0.05) is 244 Å². The lowest BCUT2D eigenvalue weighted by molar-refractivity contribution is 0.467. The number of rotatable bonds is 7. The fourth-order valence-corrected chi connectivity index (χ4v) is 13.6. The highest BCUT2D eigenvalue weighted by molar-refractivity contribution is 7.03. The molecule has 0 radical (unpaired) electrons. The summed E-state index contributed by atoms with van der Waals surface area (Å²) in [6, 6.07) is 43.5. The minimum atomic E-state index is -1.58. The third-order valence-corrected chi connectivity index (χ3v) is 18.2. The molecule has 0 bridgehead atoms. The van der Waals surface area contributed by atoms with Gasteiger partial charge in [0.1, 0.15) is 23.0 Å². The van der Waals surface area contributed by atoms with E-state index in [-0.39, 0.29) is 56.2 Å². The first-order valence-corrected chi connectivity index (χ1v) is 31.0. The van der Waals surface area contributed by atoms with E-state index < -0.39 is 148 Å². The first-order valence-electron chi connectivity index (χ1n) is 39.0. The average molecular weight is 1200 g/mol. The Morgan fingerprint density at radius 2 is 0.783 bits per heavy atom. The Morgan fingerprint density at radius 3 is 1.23 bits per heavy atom. The van der Waals surface area contributed by atoms with Crippen molar-refractivity contribution in [2.75, 3.05) is 9.80 Å². The highest BCUT2D eigenvalue weighted by Gasteiger charge is 2.51. The van der Waals surface area contributed by atoms with E-state index in [1.165, 1.54) is 0 Å². The summed E-state index contributed by atoms with van der Waals surface area (Å²) in [5.41, 5.74) is 6.74. The van der Waals surface area contributed by atoms with Crippen molar-refractivity contribution in [2.24, 2.45) is 0 Å². The number of hydrogen-bond donors (Lipinski definition) is 0. The van der Waals surface area contributed by atoms with Crippen LogP contribution in [-0.2, 0) is 16.2 Å². The lowest BCUT2D eigenvalue weighted by Gasteiger charge is -2.48. The number of nitrogens with zero attached hydrogens (tertiary/aromatic N) is 3. The average Bonchev–Trinajstić information content (AvgIpc) is 0.663. The first-order chi connectivity index (χ1) is 51.2. The minimum Gasteiger partial charge on any atom is -0.459 e. The predicted octanol–water partition coefficient (Wildman–Crippen LogP) is 18.6. The molecule has 0 N–H and O–H groups in total. The second-order valence-electron chi connectivity index (χ2n) is 27.0. The van der Waals surface area contributed by atoms with Crippen LogP contribution in [0.3, 0.4) is 0 Å². The molecule has 0 aromatic heterocycles. The monoisotopic (exact) mass is 1200 g/mol. The summed E-state index contributed by atoms with van der Waals surface area (Å²) >= 11 is 0. The molecule has 12 aromatic carbocycles. The van der Waals surface area contributed by atoms with Crippen LogP contribution in [0.25, 0.3) is 55.6 Å². The molecule has 0 amide bonds. The Bertz CT molecular complexity index is 5830. The zero-order chi connectivity index (χ0) is 76.9. The molecule has 5 nitrogen and oxygen atoms in total. The van der Waals surface area contributed by atoms with Gasteiger partial charge >= 0.3 is 0 Å². The molecule has 92 heavy (non-hydrogen) atoms. The van der Waals surface area contributed by atoms with E-state index in [1.807, 2.05) is 143 Å². The SMILES string of the molecule is [2H]c1c([2H])c([2H])c2c(c1[2H])Oc1c([2H])c3c(c4c1B2c1c([2H])c([2H])c([2H])c([2H])c1O4)B1c2c(cc(C(C)(C)C)cc2N3c2c(-c3ccccc3)cc(C(C)(C)C)cc2-c2ccccc2)N(c2c(-c3ccccc3)cc(C(C)(C)C)cc2-c2ccccc2)c2c([2H])c(-c3c([2H])c([2H])c(C#N)c([2H])c3[2H])c([2H])c([2H])c21. The summed E-state index contributed by atoms with van der Waals surface area (Å²) in [4.78, 5) is 3.95. The summed E-state index contributed by atoms with van der Waals surface area (Å²) in [6.45, 7) is 15.9. The van der Waals surface area contributed by atoms with Gasteiger partial charge in [-0.2, -0.15) is 5.26 Å². The van der Waals surface area contributed by atoms with Gasteiger partial charge in [0, 0.05) is 56.5 Å². The second kappa shape index (κ2) is 21.3. The van der Waals surface area contributed by atoms with E-state index in [9.17, 15) is 25.8 Å². The summed E-state index contributed by atoms with van der Waals surface area (Å²) in [7, 11) is 0. The van der Waals surface area contributed by atoms with Crippen molar-refractivity contribution >= 4 is 80.3 Å². The molecule has 16 rings (SSSR count). The fourth-order valence-electron chi connectivity index (χ4n) is 13.6. The Labute approximate surface area is 564 Å². The zero-order valence-electron chi connectivity index (χ0n) is 68.3. The summed E-state index contributed by atoms with van der Waals surface area (Å²) in [5.74, 6) is -1.24. The largest absolute Gasteiger partial charge is 0.459 e. The number of ether oxygens (including phenoxy) is 2. The molecule has 4 heterocycles. The highest BCUT2D eigenvalue weighted by atomic mass is 16.5. The molecule has 0 saturated carbocycles. The third kappa shape index (κ3) is 9.21. The molecule has 0 spiro atoms. The Hall–Kier alpha value is -10.5. The Morgan fingerprint density at radius 1 is 0.370 bits per heavy atom. The van der Waals surface area contributed by atoms with Gasteiger partial charge in [-0.15, -0.1) is 0 Å². The second-order valence-corrected chi connectivity index (χ2v) is 27.0. The van der Waals surface area contributed by atoms with Crippen LogP contribution in [0.15, 0.2) is 254 Å². The van der Waals surface area contributed by atoms with Gasteiger partial charge < -0.3 is 19.3 Å². The molecule has 7 heteroatoms. The molecular formula is C85H69B2N3O2. The summed E-state index contributed by atoms with van der Waals surface area (Å²) in [5, 5.41) is 10.4. The van der Waals surface area contributed by atoms with Crippen LogP contribution in [0.4, 0.5) is 34.1 Å². The summed E-state index contributed by atoms with van der Waals surface area (Å²) in [6.07, 6.45) is 0.